The van der Waals surface area contributed by atoms with E-state index in [1.165, 1.54) is 0 Å². The van der Waals surface area contributed by atoms with Gasteiger partial charge >= 0.3 is 0 Å². The summed E-state index contributed by atoms with van der Waals surface area (Å²) in [7, 11) is 1.66. The molecule has 1 aromatic carbocycles. The molecule has 3 heteroatoms. The fourth-order valence-corrected chi connectivity index (χ4v) is 2.27. The van der Waals surface area contributed by atoms with Crippen LogP contribution in [0.3, 0.4) is 0 Å². The lowest BCUT2D eigenvalue weighted by atomic mass is 10.2. The number of methoxy groups -OCH3 is 1. The molecule has 0 N–H and O–H groups in total. The van der Waals surface area contributed by atoms with E-state index in [4.69, 9.17) is 14.2 Å². The molecule has 0 radical (unpaired) electrons. The molecule has 0 bridgehead atoms. The summed E-state index contributed by atoms with van der Waals surface area (Å²) in [6, 6.07) is 7.88. The maximum Gasteiger partial charge on any atom is 0.230 e. The number of hydrogen-bond donors (Lipinski definition) is 0. The van der Waals surface area contributed by atoms with E-state index in [2.05, 4.69) is 0 Å². The molecular formula is C15H16O3. The molecule has 1 unspecified atom stereocenters. The Hall–Kier alpha value is -1.74. The van der Waals surface area contributed by atoms with Crippen LogP contribution in [0.1, 0.15) is 18.4 Å². The maximum absolute atomic E-state index is 5.87. The molecule has 3 nitrogen and oxygen atoms in total. The van der Waals surface area contributed by atoms with Crippen LogP contribution in [0.2, 0.25) is 0 Å². The van der Waals surface area contributed by atoms with Crippen LogP contribution in [0, 0.1) is 0 Å². The molecule has 0 amide bonds. The van der Waals surface area contributed by atoms with Crippen LogP contribution >= 0.6 is 0 Å². The van der Waals surface area contributed by atoms with Crippen LogP contribution in [-0.4, -0.2) is 19.5 Å². The Morgan fingerprint density at radius 2 is 2.11 bits per heavy atom. The third-order valence-electron chi connectivity index (χ3n) is 3.23. The number of rotatable bonds is 2. The minimum atomic E-state index is -0.488. The summed E-state index contributed by atoms with van der Waals surface area (Å²) in [6.07, 6.45) is 7.99. The van der Waals surface area contributed by atoms with E-state index in [1.807, 2.05) is 42.5 Å². The summed E-state index contributed by atoms with van der Waals surface area (Å²) in [4.78, 5) is 0. The predicted molar refractivity (Wildman–Crippen MR) is 69.1 cm³/mol. The highest BCUT2D eigenvalue weighted by Gasteiger charge is 2.38. The lowest BCUT2D eigenvalue weighted by Gasteiger charge is -2.20. The van der Waals surface area contributed by atoms with E-state index in [1.54, 1.807) is 7.11 Å². The lowest BCUT2D eigenvalue weighted by molar-refractivity contribution is -0.135. The Kier molecular flexibility index (Phi) is 2.84. The molecule has 1 saturated heterocycles. The van der Waals surface area contributed by atoms with E-state index in [0.717, 1.165) is 36.5 Å². The molecule has 18 heavy (non-hydrogen) atoms. The van der Waals surface area contributed by atoms with Gasteiger partial charge in [0.15, 0.2) is 0 Å². The van der Waals surface area contributed by atoms with Gasteiger partial charge in [0.2, 0.25) is 5.79 Å². The zero-order valence-corrected chi connectivity index (χ0v) is 10.4. The van der Waals surface area contributed by atoms with Gasteiger partial charge in [0.1, 0.15) is 11.5 Å². The summed E-state index contributed by atoms with van der Waals surface area (Å²) in [5.41, 5.74) is 1.09. The Morgan fingerprint density at radius 1 is 1.28 bits per heavy atom. The van der Waals surface area contributed by atoms with Crippen LogP contribution < -0.4 is 4.74 Å². The molecule has 0 aromatic heterocycles. The van der Waals surface area contributed by atoms with Crippen molar-refractivity contribution in [2.75, 3.05) is 13.7 Å². The van der Waals surface area contributed by atoms with Gasteiger partial charge in [-0.25, -0.2) is 0 Å². The molecule has 2 heterocycles. The van der Waals surface area contributed by atoms with E-state index < -0.39 is 5.79 Å². The molecule has 94 valence electrons. The second-order valence-corrected chi connectivity index (χ2v) is 4.52. The van der Waals surface area contributed by atoms with E-state index in [9.17, 15) is 0 Å². The number of benzene rings is 1. The van der Waals surface area contributed by atoms with Gasteiger partial charge in [0, 0.05) is 6.42 Å². The fourth-order valence-electron chi connectivity index (χ4n) is 2.27. The molecule has 3 rings (SSSR count). The van der Waals surface area contributed by atoms with Crippen LogP contribution in [0.15, 0.2) is 42.2 Å². The molecule has 0 aliphatic carbocycles. The van der Waals surface area contributed by atoms with Crippen molar-refractivity contribution in [3.05, 3.63) is 47.7 Å². The van der Waals surface area contributed by atoms with Crippen LogP contribution in [0.4, 0.5) is 0 Å². The zero-order valence-electron chi connectivity index (χ0n) is 10.4. The molecule has 1 aromatic rings. The molecule has 1 fully saturated rings. The van der Waals surface area contributed by atoms with Gasteiger partial charge in [0.05, 0.1) is 13.7 Å². The first-order chi connectivity index (χ1) is 8.80. The third-order valence-corrected chi connectivity index (χ3v) is 3.23. The van der Waals surface area contributed by atoms with Gasteiger partial charge in [0.25, 0.3) is 0 Å². The number of hydrogen-bond acceptors (Lipinski definition) is 3. The van der Waals surface area contributed by atoms with Crippen LogP contribution in [-0.2, 0) is 9.47 Å². The van der Waals surface area contributed by atoms with E-state index in [-0.39, 0.29) is 0 Å². The first-order valence-corrected chi connectivity index (χ1v) is 6.18. The smallest absolute Gasteiger partial charge is 0.230 e. The monoisotopic (exact) mass is 244 g/mol. The Bertz CT molecular complexity index is 479. The Balaban J connectivity index is 1.75. The van der Waals surface area contributed by atoms with Gasteiger partial charge < -0.3 is 14.2 Å². The van der Waals surface area contributed by atoms with Crippen molar-refractivity contribution in [2.24, 2.45) is 0 Å². The van der Waals surface area contributed by atoms with E-state index >= 15 is 0 Å². The fraction of sp³-hybridized carbons (Fsp3) is 0.333. The summed E-state index contributed by atoms with van der Waals surface area (Å²) < 4.78 is 16.6. The van der Waals surface area contributed by atoms with Gasteiger partial charge in [-0.1, -0.05) is 12.1 Å². The van der Waals surface area contributed by atoms with Gasteiger partial charge in [-0.15, -0.1) is 0 Å². The van der Waals surface area contributed by atoms with Crippen molar-refractivity contribution < 1.29 is 14.2 Å². The highest BCUT2D eigenvalue weighted by Crippen LogP contribution is 2.36. The average molecular weight is 244 g/mol. The van der Waals surface area contributed by atoms with Crippen molar-refractivity contribution in [1.29, 1.82) is 0 Å². The predicted octanol–water partition coefficient (Wildman–Crippen LogP) is 3.13. The minimum absolute atomic E-state index is 0.488. The van der Waals surface area contributed by atoms with Crippen LogP contribution in [0.25, 0.3) is 6.08 Å². The lowest BCUT2D eigenvalue weighted by Crippen LogP contribution is -2.24. The summed E-state index contributed by atoms with van der Waals surface area (Å²) >= 11 is 0. The molecule has 1 spiro atoms. The normalized spacial score (nSPS) is 27.9. The first kappa shape index (κ1) is 11.4. The van der Waals surface area contributed by atoms with Gasteiger partial charge in [-0.2, -0.15) is 0 Å². The van der Waals surface area contributed by atoms with Crippen molar-refractivity contribution in [3.63, 3.8) is 0 Å². The molecule has 1 atom stereocenters. The first-order valence-electron chi connectivity index (χ1n) is 6.18. The maximum atomic E-state index is 5.87. The van der Waals surface area contributed by atoms with E-state index in [0.29, 0.717) is 0 Å². The van der Waals surface area contributed by atoms with Crippen molar-refractivity contribution in [3.8, 4) is 5.75 Å². The summed E-state index contributed by atoms with van der Waals surface area (Å²) in [5.74, 6) is 1.22. The van der Waals surface area contributed by atoms with Crippen molar-refractivity contribution >= 4 is 6.08 Å². The number of ether oxygens (including phenoxy) is 3. The molecule has 2 aliphatic heterocycles. The Labute approximate surface area is 107 Å². The average Bonchev–Trinajstić information content (AvgIpc) is 3.02. The topological polar surface area (TPSA) is 27.7 Å². The quantitative estimate of drug-likeness (QED) is 0.800. The minimum Gasteiger partial charge on any atom is -0.497 e. The molecule has 0 saturated carbocycles. The second kappa shape index (κ2) is 4.50. The van der Waals surface area contributed by atoms with Gasteiger partial charge in [-0.05, 0) is 42.3 Å². The largest absolute Gasteiger partial charge is 0.497 e. The molecular weight excluding hydrogens is 228 g/mol. The highest BCUT2D eigenvalue weighted by atomic mass is 16.7. The second-order valence-electron chi connectivity index (χ2n) is 4.52. The van der Waals surface area contributed by atoms with Crippen molar-refractivity contribution in [1.82, 2.24) is 0 Å². The summed E-state index contributed by atoms with van der Waals surface area (Å²) in [6.45, 7) is 0.778. The number of allylic oxidation sites excluding steroid dienone is 1. The Morgan fingerprint density at radius 3 is 2.78 bits per heavy atom. The molecule has 2 aliphatic rings. The summed E-state index contributed by atoms with van der Waals surface area (Å²) in [5, 5.41) is 0. The third kappa shape index (κ3) is 2.14. The van der Waals surface area contributed by atoms with Crippen LogP contribution in [0.5, 0.6) is 5.75 Å². The highest BCUT2D eigenvalue weighted by molar-refractivity contribution is 5.56. The van der Waals surface area contributed by atoms with Crippen molar-refractivity contribution in [2.45, 2.75) is 18.6 Å². The standard InChI is InChI=1S/C15H16O3/c1-16-13-5-3-12(4-6-13)11-14-7-9-15(18-14)8-2-10-17-15/h3-7,9,11H,2,8,10H2,1H3/b14-11+. The van der Waals surface area contributed by atoms with Gasteiger partial charge in [-0.3, -0.25) is 0 Å². The zero-order chi connectivity index (χ0) is 12.4. The SMILES string of the molecule is COc1ccc(/C=C2\C=CC3(CCCO3)O2)cc1.